The Balaban J connectivity index is 1.95. The van der Waals surface area contributed by atoms with Gasteiger partial charge in [0.2, 0.25) is 0 Å². The third-order valence-corrected chi connectivity index (χ3v) is 3.51. The first-order valence-corrected chi connectivity index (χ1v) is 7.32. The fraction of sp³-hybridized carbons (Fsp3) is 0.111. The first-order chi connectivity index (χ1) is 11.7. The van der Waals surface area contributed by atoms with Gasteiger partial charge < -0.3 is 14.6 Å². The van der Waals surface area contributed by atoms with Crippen molar-refractivity contribution in [1.29, 1.82) is 0 Å². The van der Waals surface area contributed by atoms with E-state index in [4.69, 9.17) is 14.6 Å². The van der Waals surface area contributed by atoms with Crippen LogP contribution in [0.2, 0.25) is 0 Å². The molecule has 0 saturated heterocycles. The molecule has 0 aliphatic heterocycles. The summed E-state index contributed by atoms with van der Waals surface area (Å²) in [5.41, 5.74) is 2.17. The number of para-hydroxylation sites is 1. The van der Waals surface area contributed by atoms with Gasteiger partial charge in [-0.05, 0) is 23.8 Å². The van der Waals surface area contributed by atoms with Gasteiger partial charge in [-0.1, -0.05) is 36.4 Å². The van der Waals surface area contributed by atoms with Gasteiger partial charge in [0.15, 0.2) is 11.5 Å². The summed E-state index contributed by atoms with van der Waals surface area (Å²) in [7, 11) is 1.56. The number of aromatic carboxylic acids is 1. The Kier molecular flexibility index (Phi) is 4.47. The van der Waals surface area contributed by atoms with Crippen molar-refractivity contribution in [2.75, 3.05) is 7.11 Å². The van der Waals surface area contributed by atoms with E-state index in [1.807, 2.05) is 36.4 Å². The van der Waals surface area contributed by atoms with Crippen molar-refractivity contribution in [3.63, 3.8) is 0 Å². The number of nitrogens with zero attached hydrogens (tertiary/aromatic N) is 1. The molecule has 0 atom stereocenters. The second kappa shape index (κ2) is 6.87. The molecule has 0 fully saturated rings. The summed E-state index contributed by atoms with van der Waals surface area (Å²) in [5, 5.41) is 15.6. The molecule has 0 amide bonds. The van der Waals surface area contributed by atoms with Crippen molar-refractivity contribution >= 4 is 5.97 Å². The van der Waals surface area contributed by atoms with Crippen molar-refractivity contribution < 1.29 is 19.4 Å². The van der Waals surface area contributed by atoms with Crippen LogP contribution in [0.25, 0.3) is 11.3 Å². The Bertz CT molecular complexity index is 843. The van der Waals surface area contributed by atoms with Gasteiger partial charge in [-0.25, -0.2) is 4.79 Å². The Labute approximate surface area is 138 Å². The minimum absolute atomic E-state index is 0.0156. The summed E-state index contributed by atoms with van der Waals surface area (Å²) in [4.78, 5) is 11.0. The van der Waals surface area contributed by atoms with E-state index in [-0.39, 0.29) is 5.69 Å². The van der Waals surface area contributed by atoms with Gasteiger partial charge in [-0.3, -0.25) is 5.10 Å². The predicted octanol–water partition coefficient (Wildman–Crippen LogP) is 3.36. The highest BCUT2D eigenvalue weighted by Crippen LogP contribution is 2.38. The van der Waals surface area contributed by atoms with E-state index in [2.05, 4.69) is 10.2 Å². The van der Waals surface area contributed by atoms with E-state index in [1.54, 1.807) is 19.2 Å². The molecule has 0 radical (unpaired) electrons. The SMILES string of the molecule is COc1cccc(-c2cc(C(=O)O)[nH]n2)c1OCc1ccccc1. The fourth-order valence-corrected chi connectivity index (χ4v) is 2.33. The molecule has 2 N–H and O–H groups in total. The zero-order valence-corrected chi connectivity index (χ0v) is 13.0. The molecular formula is C18H16N2O4. The zero-order chi connectivity index (χ0) is 16.9. The van der Waals surface area contributed by atoms with Crippen molar-refractivity contribution in [2.24, 2.45) is 0 Å². The molecule has 6 heteroatoms. The number of carboxylic acid groups (broad SMARTS) is 1. The molecule has 0 aliphatic carbocycles. The molecule has 3 aromatic rings. The van der Waals surface area contributed by atoms with Crippen molar-refractivity contribution in [3.8, 4) is 22.8 Å². The molecule has 1 aromatic heterocycles. The van der Waals surface area contributed by atoms with Crippen LogP contribution in [-0.2, 0) is 6.61 Å². The Hall–Kier alpha value is -3.28. The number of carbonyl (C=O) groups is 1. The summed E-state index contributed by atoms with van der Waals surface area (Å²) >= 11 is 0. The predicted molar refractivity (Wildman–Crippen MR) is 88.3 cm³/mol. The third kappa shape index (κ3) is 3.22. The number of aromatic amines is 1. The number of methoxy groups -OCH3 is 1. The van der Waals surface area contributed by atoms with E-state index in [0.717, 1.165) is 5.56 Å². The van der Waals surface area contributed by atoms with Crippen molar-refractivity contribution in [2.45, 2.75) is 6.61 Å². The monoisotopic (exact) mass is 324 g/mol. The molecule has 0 aliphatic rings. The largest absolute Gasteiger partial charge is 0.493 e. The maximum absolute atomic E-state index is 11.0. The van der Waals surface area contributed by atoms with Crippen LogP contribution in [0.1, 0.15) is 16.1 Å². The van der Waals surface area contributed by atoms with E-state index in [1.165, 1.54) is 6.07 Å². The summed E-state index contributed by atoms with van der Waals surface area (Å²) < 4.78 is 11.3. The number of rotatable bonds is 6. The molecule has 0 unspecified atom stereocenters. The first kappa shape index (κ1) is 15.6. The van der Waals surface area contributed by atoms with E-state index < -0.39 is 5.97 Å². The summed E-state index contributed by atoms with van der Waals surface area (Å²) in [5.74, 6) is 0.0130. The molecule has 0 spiro atoms. The highest BCUT2D eigenvalue weighted by Gasteiger charge is 2.17. The van der Waals surface area contributed by atoms with Crippen molar-refractivity contribution in [3.05, 3.63) is 65.9 Å². The van der Waals surface area contributed by atoms with E-state index in [0.29, 0.717) is 29.4 Å². The van der Waals surface area contributed by atoms with Crippen LogP contribution >= 0.6 is 0 Å². The van der Waals surface area contributed by atoms with Gasteiger partial charge in [0.25, 0.3) is 0 Å². The second-order valence-corrected chi connectivity index (χ2v) is 5.08. The lowest BCUT2D eigenvalue weighted by Gasteiger charge is -2.14. The number of benzene rings is 2. The smallest absolute Gasteiger partial charge is 0.353 e. The van der Waals surface area contributed by atoms with Crippen LogP contribution in [0.5, 0.6) is 11.5 Å². The topological polar surface area (TPSA) is 84.4 Å². The van der Waals surface area contributed by atoms with Crippen LogP contribution in [0.3, 0.4) is 0 Å². The average molecular weight is 324 g/mol. The normalized spacial score (nSPS) is 10.4. The lowest BCUT2D eigenvalue weighted by molar-refractivity contribution is 0.0690. The fourth-order valence-electron chi connectivity index (χ4n) is 2.33. The Morgan fingerprint density at radius 2 is 1.96 bits per heavy atom. The number of nitrogens with one attached hydrogen (secondary N) is 1. The van der Waals surface area contributed by atoms with Gasteiger partial charge in [0.1, 0.15) is 12.3 Å². The second-order valence-electron chi connectivity index (χ2n) is 5.08. The molecule has 0 bridgehead atoms. The quantitative estimate of drug-likeness (QED) is 0.726. The minimum Gasteiger partial charge on any atom is -0.493 e. The van der Waals surface area contributed by atoms with Crippen LogP contribution in [0, 0.1) is 0 Å². The number of hydrogen-bond acceptors (Lipinski definition) is 4. The molecule has 1 heterocycles. The van der Waals surface area contributed by atoms with Crippen LogP contribution in [-0.4, -0.2) is 28.4 Å². The Morgan fingerprint density at radius 3 is 2.62 bits per heavy atom. The molecular weight excluding hydrogens is 308 g/mol. The lowest BCUT2D eigenvalue weighted by Crippen LogP contribution is -1.99. The maximum Gasteiger partial charge on any atom is 0.353 e. The molecule has 24 heavy (non-hydrogen) atoms. The number of aromatic nitrogens is 2. The molecule has 2 aromatic carbocycles. The van der Waals surface area contributed by atoms with Gasteiger partial charge in [-0.2, -0.15) is 5.10 Å². The number of H-pyrrole nitrogens is 1. The van der Waals surface area contributed by atoms with E-state index in [9.17, 15) is 4.79 Å². The number of carboxylic acids is 1. The minimum atomic E-state index is -1.07. The van der Waals surface area contributed by atoms with Crippen LogP contribution < -0.4 is 9.47 Å². The highest BCUT2D eigenvalue weighted by molar-refractivity contribution is 5.87. The van der Waals surface area contributed by atoms with Gasteiger partial charge in [0.05, 0.1) is 12.8 Å². The number of ether oxygens (including phenoxy) is 2. The molecule has 0 saturated carbocycles. The zero-order valence-electron chi connectivity index (χ0n) is 13.0. The summed E-state index contributed by atoms with van der Waals surface area (Å²) in [6, 6.07) is 16.6. The van der Waals surface area contributed by atoms with Crippen LogP contribution in [0.4, 0.5) is 0 Å². The third-order valence-electron chi connectivity index (χ3n) is 3.51. The molecule has 6 nitrogen and oxygen atoms in total. The van der Waals surface area contributed by atoms with Gasteiger partial charge >= 0.3 is 5.97 Å². The number of hydrogen-bond donors (Lipinski definition) is 2. The van der Waals surface area contributed by atoms with Crippen LogP contribution in [0.15, 0.2) is 54.6 Å². The lowest BCUT2D eigenvalue weighted by atomic mass is 10.1. The highest BCUT2D eigenvalue weighted by atomic mass is 16.5. The van der Waals surface area contributed by atoms with Gasteiger partial charge in [0, 0.05) is 5.56 Å². The van der Waals surface area contributed by atoms with Gasteiger partial charge in [-0.15, -0.1) is 0 Å². The maximum atomic E-state index is 11.0. The summed E-state index contributed by atoms with van der Waals surface area (Å²) in [6.45, 7) is 0.365. The average Bonchev–Trinajstić information content (AvgIpc) is 3.10. The molecule has 3 rings (SSSR count). The van der Waals surface area contributed by atoms with Crippen molar-refractivity contribution in [1.82, 2.24) is 10.2 Å². The molecule has 122 valence electrons. The standard InChI is InChI=1S/C18H16N2O4/c1-23-16-9-5-8-13(14-10-15(18(21)22)20-19-14)17(16)24-11-12-6-3-2-4-7-12/h2-10H,11H2,1H3,(H,19,20)(H,21,22). The summed E-state index contributed by atoms with van der Waals surface area (Å²) in [6.07, 6.45) is 0. The van der Waals surface area contributed by atoms with E-state index >= 15 is 0 Å². The first-order valence-electron chi connectivity index (χ1n) is 7.32. The Morgan fingerprint density at radius 1 is 1.17 bits per heavy atom.